The highest BCUT2D eigenvalue weighted by atomic mass is 32.2. The molecule has 0 spiro atoms. The number of hydrogen-bond acceptors (Lipinski definition) is 7. The molecule has 2 N–H and O–H groups in total. The summed E-state index contributed by atoms with van der Waals surface area (Å²) in [4.78, 5) is 27.3. The van der Waals surface area contributed by atoms with Crippen molar-refractivity contribution in [3.63, 3.8) is 0 Å². The maximum atomic E-state index is 13.2. The van der Waals surface area contributed by atoms with Gasteiger partial charge in [-0.1, -0.05) is 12.1 Å². The number of amides is 2. The van der Waals surface area contributed by atoms with Gasteiger partial charge in [-0.15, -0.1) is 11.3 Å². The fraction of sp³-hybridized carbons (Fsp3) is 0.455. The molecule has 1 saturated heterocycles. The number of sulfone groups is 1. The summed E-state index contributed by atoms with van der Waals surface area (Å²) in [7, 11) is -3.11. The molecule has 1 aliphatic carbocycles. The van der Waals surface area contributed by atoms with Crippen molar-refractivity contribution in [2.24, 2.45) is 0 Å². The zero-order chi connectivity index (χ0) is 22.3. The van der Waals surface area contributed by atoms with E-state index in [0.29, 0.717) is 28.5 Å². The molecule has 2 amide bonds. The Hall–Kier alpha value is -2.59. The van der Waals surface area contributed by atoms with E-state index in [1.807, 2.05) is 12.1 Å². The summed E-state index contributed by atoms with van der Waals surface area (Å²) in [6.07, 6.45) is 3.23. The Bertz CT molecular complexity index is 1170. The molecule has 0 bridgehead atoms. The van der Waals surface area contributed by atoms with Crippen LogP contribution in [-0.4, -0.2) is 50.5 Å². The first-order chi connectivity index (χ1) is 15.4. The Labute approximate surface area is 190 Å². The normalized spacial score (nSPS) is 23.2. The summed E-state index contributed by atoms with van der Waals surface area (Å²) in [5.41, 5.74) is 1.42. The molecule has 3 heterocycles. The van der Waals surface area contributed by atoms with Crippen LogP contribution in [0.25, 0.3) is 0 Å². The van der Waals surface area contributed by atoms with Gasteiger partial charge in [0.2, 0.25) is 6.10 Å². The number of nitrogens with one attached hydrogen (secondary N) is 2. The predicted molar refractivity (Wildman–Crippen MR) is 120 cm³/mol. The predicted octanol–water partition coefficient (Wildman–Crippen LogP) is 2.32. The quantitative estimate of drug-likeness (QED) is 0.701. The van der Waals surface area contributed by atoms with E-state index in [-0.39, 0.29) is 29.9 Å². The Morgan fingerprint density at radius 1 is 1.09 bits per heavy atom. The van der Waals surface area contributed by atoms with E-state index in [4.69, 9.17) is 9.47 Å². The van der Waals surface area contributed by atoms with Gasteiger partial charge in [-0.25, -0.2) is 8.42 Å². The lowest BCUT2D eigenvalue weighted by atomic mass is 9.95. The number of anilines is 1. The van der Waals surface area contributed by atoms with Crippen LogP contribution in [0.3, 0.4) is 0 Å². The van der Waals surface area contributed by atoms with E-state index >= 15 is 0 Å². The van der Waals surface area contributed by atoms with Crippen molar-refractivity contribution >= 4 is 38.0 Å². The van der Waals surface area contributed by atoms with Crippen molar-refractivity contribution in [2.75, 3.05) is 23.4 Å². The number of fused-ring (bicyclic) bond motifs is 2. The number of ether oxygens (including phenoxy) is 2. The molecule has 2 atom stereocenters. The maximum Gasteiger partial charge on any atom is 0.269 e. The SMILES string of the molecule is O=C(N[C@@H]1CCS(=O)(=O)C1)c1c(NC(=O)[C@H]2COc3ccccc3O2)sc2c1CCCC2. The second-order valence-corrected chi connectivity index (χ2v) is 11.7. The number of carbonyl (C=O) groups is 2. The number of hydrogen-bond donors (Lipinski definition) is 2. The maximum absolute atomic E-state index is 13.2. The Morgan fingerprint density at radius 2 is 1.88 bits per heavy atom. The third kappa shape index (κ3) is 4.21. The summed E-state index contributed by atoms with van der Waals surface area (Å²) >= 11 is 1.42. The molecule has 3 aliphatic rings. The second-order valence-electron chi connectivity index (χ2n) is 8.34. The van der Waals surface area contributed by atoms with Crippen LogP contribution in [0.15, 0.2) is 24.3 Å². The van der Waals surface area contributed by atoms with Crippen LogP contribution in [0.5, 0.6) is 11.5 Å². The second kappa shape index (κ2) is 8.40. The van der Waals surface area contributed by atoms with E-state index < -0.39 is 22.0 Å². The van der Waals surface area contributed by atoms with Crippen LogP contribution < -0.4 is 20.1 Å². The minimum Gasteiger partial charge on any atom is -0.485 e. The zero-order valence-electron chi connectivity index (χ0n) is 17.4. The van der Waals surface area contributed by atoms with Crippen molar-refractivity contribution in [1.29, 1.82) is 0 Å². The Morgan fingerprint density at radius 3 is 2.66 bits per heavy atom. The first kappa shape index (κ1) is 21.3. The number of rotatable bonds is 4. The number of carbonyl (C=O) groups excluding carboxylic acids is 2. The van der Waals surface area contributed by atoms with Gasteiger partial charge in [0.1, 0.15) is 11.6 Å². The molecule has 32 heavy (non-hydrogen) atoms. The summed E-state index contributed by atoms with van der Waals surface area (Å²) in [5.74, 6) is 0.437. The molecule has 2 aliphatic heterocycles. The van der Waals surface area contributed by atoms with Gasteiger partial charge in [0.15, 0.2) is 21.3 Å². The molecular formula is C22H24N2O6S2. The zero-order valence-corrected chi connectivity index (χ0v) is 19.0. The van der Waals surface area contributed by atoms with Crippen LogP contribution in [0.4, 0.5) is 5.00 Å². The lowest BCUT2D eigenvalue weighted by Gasteiger charge is -2.25. The summed E-state index contributed by atoms with van der Waals surface area (Å²) in [6, 6.07) is 6.76. The topological polar surface area (TPSA) is 111 Å². The van der Waals surface area contributed by atoms with Crippen LogP contribution in [0, 0.1) is 0 Å². The van der Waals surface area contributed by atoms with Crippen molar-refractivity contribution < 1.29 is 27.5 Å². The van der Waals surface area contributed by atoms with Gasteiger partial charge in [0.05, 0.1) is 17.1 Å². The van der Waals surface area contributed by atoms with E-state index in [0.717, 1.165) is 36.1 Å². The minimum absolute atomic E-state index is 0.0422. The molecule has 170 valence electrons. The highest BCUT2D eigenvalue weighted by Gasteiger charge is 2.34. The number of para-hydroxylation sites is 2. The van der Waals surface area contributed by atoms with Crippen LogP contribution in [0.1, 0.15) is 40.1 Å². The molecule has 2 aromatic rings. The van der Waals surface area contributed by atoms with Crippen molar-refractivity contribution in [1.82, 2.24) is 5.32 Å². The van der Waals surface area contributed by atoms with E-state index in [1.54, 1.807) is 12.1 Å². The van der Waals surface area contributed by atoms with E-state index in [9.17, 15) is 18.0 Å². The van der Waals surface area contributed by atoms with Gasteiger partial charge in [0.25, 0.3) is 11.8 Å². The first-order valence-electron chi connectivity index (χ1n) is 10.7. The smallest absolute Gasteiger partial charge is 0.269 e. The third-order valence-corrected chi connectivity index (χ3v) is 8.98. The largest absolute Gasteiger partial charge is 0.485 e. The number of benzene rings is 1. The lowest BCUT2D eigenvalue weighted by molar-refractivity contribution is -0.125. The molecular weight excluding hydrogens is 452 g/mol. The van der Waals surface area contributed by atoms with Crippen LogP contribution in [0.2, 0.25) is 0 Å². The fourth-order valence-electron chi connectivity index (χ4n) is 4.40. The average molecular weight is 477 g/mol. The van der Waals surface area contributed by atoms with Crippen LogP contribution in [-0.2, 0) is 27.5 Å². The van der Waals surface area contributed by atoms with Crippen molar-refractivity contribution in [2.45, 2.75) is 44.2 Å². The highest BCUT2D eigenvalue weighted by Crippen LogP contribution is 2.39. The fourth-order valence-corrected chi connectivity index (χ4v) is 7.36. The van der Waals surface area contributed by atoms with Crippen molar-refractivity contribution in [3.8, 4) is 11.5 Å². The van der Waals surface area contributed by atoms with Crippen molar-refractivity contribution in [3.05, 3.63) is 40.3 Å². The molecule has 0 unspecified atom stereocenters. The Kier molecular flexibility index (Phi) is 5.58. The van der Waals surface area contributed by atoms with Gasteiger partial charge < -0.3 is 20.1 Å². The molecule has 0 radical (unpaired) electrons. The lowest BCUT2D eigenvalue weighted by Crippen LogP contribution is -2.41. The average Bonchev–Trinajstić information content (AvgIpc) is 3.31. The third-order valence-electron chi connectivity index (χ3n) is 6.00. The molecule has 1 fully saturated rings. The summed E-state index contributed by atoms with van der Waals surface area (Å²) in [6.45, 7) is 0.0788. The van der Waals surface area contributed by atoms with Crippen LogP contribution >= 0.6 is 11.3 Å². The molecule has 8 nitrogen and oxygen atoms in total. The van der Waals surface area contributed by atoms with Gasteiger partial charge >= 0.3 is 0 Å². The van der Waals surface area contributed by atoms with Gasteiger partial charge in [-0.3, -0.25) is 9.59 Å². The monoisotopic (exact) mass is 476 g/mol. The van der Waals surface area contributed by atoms with Gasteiger partial charge in [-0.05, 0) is 49.8 Å². The number of thiophene rings is 1. The molecule has 1 aromatic heterocycles. The number of aryl methyl sites for hydroxylation is 1. The molecule has 1 aromatic carbocycles. The summed E-state index contributed by atoms with van der Waals surface area (Å²) < 4.78 is 35.0. The molecule has 0 saturated carbocycles. The molecule has 10 heteroatoms. The minimum atomic E-state index is -3.11. The van der Waals surface area contributed by atoms with Gasteiger partial charge in [-0.2, -0.15) is 0 Å². The highest BCUT2D eigenvalue weighted by molar-refractivity contribution is 7.91. The summed E-state index contributed by atoms with van der Waals surface area (Å²) in [5, 5.41) is 6.25. The van der Waals surface area contributed by atoms with E-state index in [2.05, 4.69) is 10.6 Å². The first-order valence-corrected chi connectivity index (χ1v) is 13.4. The Balaban J connectivity index is 1.36. The standard InChI is InChI=1S/C22H24N2O6S2/c25-20(17-11-29-15-6-2-3-7-16(15)30-17)24-22-19(14-5-1-4-8-18(14)31-22)21(26)23-13-9-10-32(27,28)12-13/h2-3,6-7,13,17H,1,4-5,8-12H2,(H,23,26)(H,24,25)/t13-,17-/m1/s1. The van der Waals surface area contributed by atoms with Gasteiger partial charge in [0, 0.05) is 10.9 Å². The molecule has 5 rings (SSSR count). The van der Waals surface area contributed by atoms with E-state index in [1.165, 1.54) is 11.3 Å².